The molecule has 0 aliphatic heterocycles. The minimum Gasteiger partial charge on any atom is -0.425 e. The van der Waals surface area contributed by atoms with Crippen LogP contribution in [-0.2, 0) is 9.59 Å². The second-order valence-corrected chi connectivity index (χ2v) is 5.90. The minimum absolute atomic E-state index is 0.261. The number of amides is 1. The van der Waals surface area contributed by atoms with Crippen molar-refractivity contribution in [2.75, 3.05) is 12.0 Å². The standard InChI is InChI=1S/C16H17NO5S/c1-10(18)17-13(7-8-23-2)16(20)21-12-5-3-11-4-6-15(19)22-14(11)9-12/h3-6,9,13H,7-8H2,1-2H3,(H,17,18)/t13-/m1/s1. The topological polar surface area (TPSA) is 85.6 Å². The van der Waals surface area contributed by atoms with Crippen LogP contribution >= 0.6 is 11.8 Å². The lowest BCUT2D eigenvalue weighted by Gasteiger charge is -2.16. The number of hydrogen-bond donors (Lipinski definition) is 1. The molecule has 0 bridgehead atoms. The lowest BCUT2D eigenvalue weighted by Crippen LogP contribution is -2.42. The van der Waals surface area contributed by atoms with Gasteiger partial charge in [0.2, 0.25) is 5.91 Å². The Morgan fingerprint density at radius 2 is 2.04 bits per heavy atom. The van der Waals surface area contributed by atoms with Crippen LogP contribution in [0.4, 0.5) is 0 Å². The van der Waals surface area contributed by atoms with Gasteiger partial charge in [-0.15, -0.1) is 0 Å². The van der Waals surface area contributed by atoms with Crippen molar-refractivity contribution in [2.45, 2.75) is 19.4 Å². The monoisotopic (exact) mass is 335 g/mol. The highest BCUT2D eigenvalue weighted by Gasteiger charge is 2.21. The van der Waals surface area contributed by atoms with Gasteiger partial charge in [-0.2, -0.15) is 11.8 Å². The Morgan fingerprint density at radius 1 is 1.30 bits per heavy atom. The molecule has 0 unspecified atom stereocenters. The lowest BCUT2D eigenvalue weighted by atomic mass is 10.2. The molecule has 1 aromatic carbocycles. The first-order valence-electron chi connectivity index (χ1n) is 7.01. The van der Waals surface area contributed by atoms with Crippen LogP contribution < -0.4 is 15.7 Å². The third kappa shape index (κ3) is 4.85. The molecule has 0 saturated heterocycles. The van der Waals surface area contributed by atoms with E-state index >= 15 is 0 Å². The molecular weight excluding hydrogens is 318 g/mol. The van der Waals surface area contributed by atoms with Gasteiger partial charge in [-0.25, -0.2) is 9.59 Å². The van der Waals surface area contributed by atoms with Crippen LogP contribution in [0, 0.1) is 0 Å². The molecule has 0 radical (unpaired) electrons. The predicted octanol–water partition coefficient (Wildman–Crippen LogP) is 1.96. The molecule has 1 heterocycles. The number of thioether (sulfide) groups is 1. The van der Waals surface area contributed by atoms with Crippen LogP contribution in [0.5, 0.6) is 5.75 Å². The molecule has 23 heavy (non-hydrogen) atoms. The maximum Gasteiger partial charge on any atom is 0.336 e. The van der Waals surface area contributed by atoms with E-state index in [9.17, 15) is 14.4 Å². The first-order valence-corrected chi connectivity index (χ1v) is 8.40. The number of carbonyl (C=O) groups excluding carboxylic acids is 2. The van der Waals surface area contributed by atoms with Crippen LogP contribution in [-0.4, -0.2) is 29.9 Å². The summed E-state index contributed by atoms with van der Waals surface area (Å²) in [5.41, 5.74) is -0.139. The Labute approximate surface area is 137 Å². The molecule has 2 rings (SSSR count). The van der Waals surface area contributed by atoms with Crippen LogP contribution in [0.3, 0.4) is 0 Å². The van der Waals surface area contributed by atoms with E-state index in [1.165, 1.54) is 19.1 Å². The van der Waals surface area contributed by atoms with Gasteiger partial charge in [0.25, 0.3) is 0 Å². The molecule has 0 saturated carbocycles. The number of esters is 1. The van der Waals surface area contributed by atoms with Gasteiger partial charge in [0.15, 0.2) is 0 Å². The van der Waals surface area contributed by atoms with Crippen molar-refractivity contribution in [3.8, 4) is 5.75 Å². The largest absolute Gasteiger partial charge is 0.425 e. The van der Waals surface area contributed by atoms with E-state index in [4.69, 9.17) is 9.15 Å². The first-order chi connectivity index (χ1) is 11.0. The van der Waals surface area contributed by atoms with Crippen LogP contribution in [0.15, 0.2) is 39.5 Å². The van der Waals surface area contributed by atoms with E-state index in [2.05, 4.69) is 5.32 Å². The van der Waals surface area contributed by atoms with Crippen molar-refractivity contribution in [1.29, 1.82) is 0 Å². The molecule has 6 nitrogen and oxygen atoms in total. The van der Waals surface area contributed by atoms with Gasteiger partial charge >= 0.3 is 11.6 Å². The summed E-state index contributed by atoms with van der Waals surface area (Å²) in [6, 6.07) is 7.02. The average molecular weight is 335 g/mol. The number of ether oxygens (including phenoxy) is 1. The summed E-state index contributed by atoms with van der Waals surface area (Å²) in [5.74, 6) is 0.132. The molecule has 1 N–H and O–H groups in total. The Hall–Kier alpha value is -2.28. The third-order valence-corrected chi connectivity index (χ3v) is 3.73. The van der Waals surface area contributed by atoms with E-state index in [-0.39, 0.29) is 11.7 Å². The molecule has 7 heteroatoms. The summed E-state index contributed by atoms with van der Waals surface area (Å²) in [4.78, 5) is 34.7. The van der Waals surface area contributed by atoms with Gasteiger partial charge in [-0.1, -0.05) is 0 Å². The quantitative estimate of drug-likeness (QED) is 0.493. The predicted molar refractivity (Wildman–Crippen MR) is 88.7 cm³/mol. The molecule has 1 atom stereocenters. The fourth-order valence-corrected chi connectivity index (χ4v) is 2.49. The number of hydrogen-bond acceptors (Lipinski definition) is 6. The number of benzene rings is 1. The van der Waals surface area contributed by atoms with Crippen molar-refractivity contribution in [3.05, 3.63) is 40.8 Å². The van der Waals surface area contributed by atoms with Crippen LogP contribution in [0.25, 0.3) is 11.0 Å². The van der Waals surface area contributed by atoms with Gasteiger partial charge < -0.3 is 14.5 Å². The lowest BCUT2D eigenvalue weighted by molar-refractivity contribution is -0.139. The summed E-state index contributed by atoms with van der Waals surface area (Å²) in [6.45, 7) is 1.35. The summed E-state index contributed by atoms with van der Waals surface area (Å²) in [6.07, 6.45) is 2.39. The van der Waals surface area contributed by atoms with Crippen molar-refractivity contribution >= 4 is 34.6 Å². The molecule has 122 valence electrons. The molecule has 1 amide bonds. The number of nitrogens with one attached hydrogen (secondary N) is 1. The molecule has 0 fully saturated rings. The van der Waals surface area contributed by atoms with Crippen LogP contribution in [0.2, 0.25) is 0 Å². The SMILES string of the molecule is CSCC[C@@H](NC(C)=O)C(=O)Oc1ccc2ccc(=O)oc2c1. The van der Waals surface area contributed by atoms with Gasteiger partial charge in [-0.3, -0.25) is 4.79 Å². The molecule has 1 aromatic heterocycles. The van der Waals surface area contributed by atoms with Crippen molar-refractivity contribution < 1.29 is 18.7 Å². The zero-order valence-corrected chi connectivity index (χ0v) is 13.6. The van der Waals surface area contributed by atoms with Crippen molar-refractivity contribution in [2.24, 2.45) is 0 Å². The zero-order valence-electron chi connectivity index (χ0n) is 12.8. The molecule has 0 aliphatic carbocycles. The summed E-state index contributed by atoms with van der Waals surface area (Å²) >= 11 is 1.58. The highest BCUT2D eigenvalue weighted by Crippen LogP contribution is 2.20. The summed E-state index contributed by atoms with van der Waals surface area (Å²) < 4.78 is 10.4. The second kappa shape index (κ2) is 7.82. The van der Waals surface area contributed by atoms with Gasteiger partial charge in [0.05, 0.1) is 0 Å². The fraction of sp³-hybridized carbons (Fsp3) is 0.312. The van der Waals surface area contributed by atoms with E-state index < -0.39 is 17.6 Å². The molecule has 2 aromatic rings. The van der Waals surface area contributed by atoms with Crippen LogP contribution in [0.1, 0.15) is 13.3 Å². The van der Waals surface area contributed by atoms with Gasteiger partial charge in [0.1, 0.15) is 17.4 Å². The third-order valence-electron chi connectivity index (χ3n) is 3.09. The Morgan fingerprint density at radius 3 is 2.74 bits per heavy atom. The Balaban J connectivity index is 2.16. The Kier molecular flexibility index (Phi) is 5.81. The van der Waals surface area contributed by atoms with E-state index in [0.29, 0.717) is 17.8 Å². The zero-order chi connectivity index (χ0) is 16.8. The molecule has 0 spiro atoms. The summed E-state index contributed by atoms with van der Waals surface area (Å²) in [7, 11) is 0. The molecular formula is C16H17NO5S. The maximum absolute atomic E-state index is 12.2. The average Bonchev–Trinajstić information content (AvgIpc) is 2.50. The number of carbonyl (C=O) groups is 2. The highest BCUT2D eigenvalue weighted by molar-refractivity contribution is 7.98. The smallest absolute Gasteiger partial charge is 0.336 e. The summed E-state index contributed by atoms with van der Waals surface area (Å²) in [5, 5.41) is 3.31. The number of fused-ring (bicyclic) bond motifs is 1. The minimum atomic E-state index is -0.710. The van der Waals surface area contributed by atoms with Gasteiger partial charge in [0, 0.05) is 24.4 Å². The highest BCUT2D eigenvalue weighted by atomic mass is 32.2. The number of rotatable bonds is 6. The molecule has 0 aliphatic rings. The van der Waals surface area contributed by atoms with Crippen molar-refractivity contribution in [1.82, 2.24) is 5.32 Å². The first kappa shape index (κ1) is 17.1. The van der Waals surface area contributed by atoms with Gasteiger partial charge in [-0.05, 0) is 36.6 Å². The van der Waals surface area contributed by atoms with E-state index in [0.717, 1.165) is 5.39 Å². The normalized spacial score (nSPS) is 11.9. The van der Waals surface area contributed by atoms with E-state index in [1.807, 2.05) is 6.26 Å². The van der Waals surface area contributed by atoms with E-state index in [1.54, 1.807) is 30.0 Å². The fourth-order valence-electron chi connectivity index (χ4n) is 2.02. The second-order valence-electron chi connectivity index (χ2n) is 4.91. The Bertz CT molecular complexity index is 770. The maximum atomic E-state index is 12.2. The van der Waals surface area contributed by atoms with Crippen molar-refractivity contribution in [3.63, 3.8) is 0 Å².